The van der Waals surface area contributed by atoms with Gasteiger partial charge in [-0.2, -0.15) is 0 Å². The summed E-state index contributed by atoms with van der Waals surface area (Å²) in [4.78, 5) is 22.3. The molecule has 0 aromatic carbocycles. The van der Waals surface area contributed by atoms with E-state index in [1.165, 1.54) is 7.05 Å². The molecule has 1 N–H and O–H groups in total. The van der Waals surface area contributed by atoms with Gasteiger partial charge >= 0.3 is 0 Å². The molecule has 4 nitrogen and oxygen atoms in total. The maximum atomic E-state index is 10.8. The number of nitrogens with zero attached hydrogens (tertiary/aromatic N) is 1. The normalized spacial score (nSPS) is 26.4. The molecular weight excluding hydrogens is 156 g/mol. The Morgan fingerprint density at radius 3 is 2.20 bits per heavy atom. The second kappa shape index (κ2) is 2.05. The number of imide groups is 1. The van der Waals surface area contributed by atoms with Gasteiger partial charge in [0.1, 0.15) is 5.71 Å². The largest absolute Gasteiger partial charge is 0.298 e. The number of hydrogen-bond acceptors (Lipinski definition) is 3. The smallest absolute Gasteiger partial charge is 0.276 e. The Bertz CT molecular complexity index is 204. The Balaban J connectivity index is 3.00. The van der Waals surface area contributed by atoms with Crippen LogP contribution in [0, 0.1) is 5.41 Å². The van der Waals surface area contributed by atoms with Crippen molar-refractivity contribution < 1.29 is 9.59 Å². The molecule has 0 radical (unpaired) electrons. The molecule has 5 heteroatoms. The van der Waals surface area contributed by atoms with Gasteiger partial charge in [0, 0.05) is 7.05 Å². The van der Waals surface area contributed by atoms with Gasteiger partial charge in [-0.15, -0.1) is 11.6 Å². The van der Waals surface area contributed by atoms with Crippen LogP contribution in [-0.2, 0) is 9.59 Å². The maximum absolute atomic E-state index is 10.8. The third-order valence-corrected chi connectivity index (χ3v) is 1.74. The van der Waals surface area contributed by atoms with Crippen LogP contribution in [0.2, 0.25) is 0 Å². The van der Waals surface area contributed by atoms with Gasteiger partial charge in [-0.25, -0.2) is 0 Å². The first-order valence-corrected chi connectivity index (χ1v) is 3.03. The van der Waals surface area contributed by atoms with Gasteiger partial charge in [0.15, 0.2) is 5.38 Å². The highest BCUT2D eigenvalue weighted by molar-refractivity contribution is 6.62. The minimum atomic E-state index is -1.07. The van der Waals surface area contributed by atoms with Gasteiger partial charge in [-0.1, -0.05) is 0 Å². The molecule has 54 valence electrons. The molecule has 2 amide bonds. The molecule has 1 saturated heterocycles. The fourth-order valence-corrected chi connectivity index (χ4v) is 0.922. The van der Waals surface area contributed by atoms with Crippen molar-refractivity contribution in [2.45, 2.75) is 5.38 Å². The topological polar surface area (TPSA) is 61.2 Å². The van der Waals surface area contributed by atoms with E-state index < -0.39 is 17.2 Å². The van der Waals surface area contributed by atoms with Gasteiger partial charge in [0.05, 0.1) is 0 Å². The number of nitrogens with one attached hydrogen (secondary N) is 1. The summed E-state index contributed by atoms with van der Waals surface area (Å²) in [6.45, 7) is 0. The molecule has 1 rings (SSSR count). The molecule has 10 heavy (non-hydrogen) atoms. The lowest BCUT2D eigenvalue weighted by molar-refractivity contribution is -0.135. The zero-order chi connectivity index (χ0) is 7.89. The van der Waals surface area contributed by atoms with E-state index in [-0.39, 0.29) is 5.71 Å². The van der Waals surface area contributed by atoms with Gasteiger partial charge in [0.25, 0.3) is 11.8 Å². The minimum Gasteiger partial charge on any atom is -0.298 e. The number of alkyl halides is 1. The molecule has 1 aliphatic heterocycles. The van der Waals surface area contributed by atoms with Crippen LogP contribution in [0.15, 0.2) is 0 Å². The van der Waals surface area contributed by atoms with Gasteiger partial charge < -0.3 is 0 Å². The minimum absolute atomic E-state index is 0.339. The number of carbonyl (C=O) groups is 2. The van der Waals surface area contributed by atoms with Gasteiger partial charge in [-0.05, 0) is 0 Å². The van der Waals surface area contributed by atoms with E-state index in [9.17, 15) is 9.59 Å². The van der Waals surface area contributed by atoms with E-state index in [0.29, 0.717) is 0 Å². The molecule has 1 aliphatic rings. The molecule has 1 fully saturated rings. The van der Waals surface area contributed by atoms with Crippen LogP contribution >= 0.6 is 11.6 Å². The van der Waals surface area contributed by atoms with Crippen molar-refractivity contribution in [2.75, 3.05) is 7.05 Å². The van der Waals surface area contributed by atoms with Crippen LogP contribution < -0.4 is 0 Å². The summed E-state index contributed by atoms with van der Waals surface area (Å²) in [5.41, 5.74) is -0.339. The predicted molar refractivity (Wildman–Crippen MR) is 35.1 cm³/mol. The van der Waals surface area contributed by atoms with Crippen LogP contribution in [0.3, 0.4) is 0 Å². The fourth-order valence-electron chi connectivity index (χ4n) is 0.683. The average molecular weight is 161 g/mol. The monoisotopic (exact) mass is 160 g/mol. The number of likely N-dealkylation sites (tertiary alicyclic amines) is 1. The zero-order valence-electron chi connectivity index (χ0n) is 5.22. The van der Waals surface area contributed by atoms with Crippen molar-refractivity contribution in [3.05, 3.63) is 0 Å². The highest BCUT2D eigenvalue weighted by Gasteiger charge is 2.40. The molecule has 0 bridgehead atoms. The van der Waals surface area contributed by atoms with Crippen LogP contribution in [0.4, 0.5) is 0 Å². The number of halogens is 1. The second-order valence-corrected chi connectivity index (χ2v) is 2.42. The van der Waals surface area contributed by atoms with E-state index in [2.05, 4.69) is 0 Å². The molecule has 0 aliphatic carbocycles. The number of rotatable bonds is 0. The molecule has 0 aromatic rings. The standard InChI is InChI=1S/C5H5ClN2O2/c1-8-4(9)2(6)3(7)5(8)10/h2,7H,1H3. The summed E-state index contributed by atoms with van der Waals surface area (Å²) < 4.78 is 0. The Morgan fingerprint density at radius 2 is 2.10 bits per heavy atom. The van der Waals surface area contributed by atoms with E-state index in [4.69, 9.17) is 17.0 Å². The lowest BCUT2D eigenvalue weighted by atomic mass is 10.3. The first-order valence-electron chi connectivity index (χ1n) is 2.60. The molecule has 0 saturated carbocycles. The maximum Gasteiger partial charge on any atom is 0.276 e. The van der Waals surface area contributed by atoms with Crippen molar-refractivity contribution in [1.82, 2.24) is 4.90 Å². The van der Waals surface area contributed by atoms with Crippen molar-refractivity contribution in [3.63, 3.8) is 0 Å². The quantitative estimate of drug-likeness (QED) is 0.388. The lowest BCUT2D eigenvalue weighted by Crippen LogP contribution is -2.26. The molecule has 1 unspecified atom stereocenters. The Hall–Kier alpha value is -0.900. The number of hydrogen-bond donors (Lipinski definition) is 1. The van der Waals surface area contributed by atoms with Crippen molar-refractivity contribution in [3.8, 4) is 0 Å². The first-order chi connectivity index (χ1) is 4.55. The van der Waals surface area contributed by atoms with E-state index in [1.54, 1.807) is 0 Å². The summed E-state index contributed by atoms with van der Waals surface area (Å²) in [5, 5.41) is 5.91. The Morgan fingerprint density at radius 1 is 1.60 bits per heavy atom. The molecule has 0 spiro atoms. The predicted octanol–water partition coefficient (Wildman–Crippen LogP) is -0.388. The second-order valence-electron chi connectivity index (χ2n) is 1.98. The highest BCUT2D eigenvalue weighted by Crippen LogP contribution is 2.12. The third-order valence-electron chi connectivity index (χ3n) is 1.34. The van der Waals surface area contributed by atoms with E-state index in [0.717, 1.165) is 4.90 Å². The van der Waals surface area contributed by atoms with E-state index >= 15 is 0 Å². The van der Waals surface area contributed by atoms with E-state index in [1.807, 2.05) is 0 Å². The average Bonchev–Trinajstić information content (AvgIpc) is 2.07. The fraction of sp³-hybridized carbons (Fsp3) is 0.400. The van der Waals surface area contributed by atoms with Gasteiger partial charge in [-0.3, -0.25) is 19.9 Å². The van der Waals surface area contributed by atoms with Gasteiger partial charge in [0.2, 0.25) is 0 Å². The summed E-state index contributed by atoms with van der Waals surface area (Å²) in [6, 6.07) is 0. The molecule has 0 aromatic heterocycles. The molecular formula is C5H5ClN2O2. The SMILES string of the molecule is CN1C(=O)C(=N)C(Cl)C1=O. The lowest BCUT2D eigenvalue weighted by Gasteiger charge is -2.01. The Labute approximate surface area is 62.3 Å². The first kappa shape index (κ1) is 7.21. The van der Waals surface area contributed by atoms with Crippen molar-refractivity contribution in [1.29, 1.82) is 5.41 Å². The summed E-state index contributed by atoms with van der Waals surface area (Å²) in [5.74, 6) is -1.12. The van der Waals surface area contributed by atoms with Crippen molar-refractivity contribution >= 4 is 29.1 Å². The Kier molecular flexibility index (Phi) is 1.48. The highest BCUT2D eigenvalue weighted by atomic mass is 35.5. The summed E-state index contributed by atoms with van der Waals surface area (Å²) in [6.07, 6.45) is 0. The molecule has 1 atom stereocenters. The third kappa shape index (κ3) is 0.724. The molecule has 1 heterocycles. The number of amides is 2. The van der Waals surface area contributed by atoms with Crippen molar-refractivity contribution in [2.24, 2.45) is 0 Å². The summed E-state index contributed by atoms with van der Waals surface area (Å²) in [7, 11) is 1.31. The number of carbonyl (C=O) groups excluding carboxylic acids is 2. The summed E-state index contributed by atoms with van der Waals surface area (Å²) >= 11 is 5.37. The zero-order valence-corrected chi connectivity index (χ0v) is 5.97. The van der Waals surface area contributed by atoms with Crippen LogP contribution in [0.5, 0.6) is 0 Å². The van der Waals surface area contributed by atoms with Crippen LogP contribution in [0.25, 0.3) is 0 Å². The van der Waals surface area contributed by atoms with Crippen LogP contribution in [0.1, 0.15) is 0 Å². The van der Waals surface area contributed by atoms with Crippen LogP contribution in [-0.4, -0.2) is 34.9 Å².